The maximum atomic E-state index is 6.26. The Kier molecular flexibility index (Phi) is 10.3. The van der Waals surface area contributed by atoms with Crippen molar-refractivity contribution < 1.29 is 9.47 Å². The zero-order chi connectivity index (χ0) is 22.1. The monoisotopic (exact) mass is 520 g/mol. The molecule has 0 unspecified atom stereocenters. The number of ether oxygens (including phenoxy) is 2. The molecule has 2 aromatic carbocycles. The molecule has 0 atom stereocenters. The van der Waals surface area contributed by atoms with E-state index in [0.717, 1.165) is 11.5 Å². The number of benzene rings is 2. The summed E-state index contributed by atoms with van der Waals surface area (Å²) in [6, 6.07) is 9.30. The van der Waals surface area contributed by atoms with E-state index in [1.165, 1.54) is 68.2 Å². The predicted octanol–water partition coefficient (Wildman–Crippen LogP) is 8.00. The fraction of sp³-hybridized carbons (Fsp3) is 0.630. The minimum absolute atomic E-state index is 0.151. The molecule has 3 heteroatoms. The van der Waals surface area contributed by atoms with Gasteiger partial charge in [0.05, 0.1) is 0 Å². The van der Waals surface area contributed by atoms with Gasteiger partial charge in [-0.25, -0.2) is 0 Å². The SMILES string of the molecule is CCC[CH2][Sn]([CH2]CCC)([CH2]CCC)[c]1ccc(OC(C)C)c2c(OC)cc(C)cc12. The Morgan fingerprint density at radius 3 is 1.87 bits per heavy atom. The maximum absolute atomic E-state index is 6.26. The van der Waals surface area contributed by atoms with Crippen LogP contribution in [0.25, 0.3) is 10.8 Å². The summed E-state index contributed by atoms with van der Waals surface area (Å²) in [5.74, 6) is 1.94. The molecular weight excluding hydrogens is 475 g/mol. The molecule has 0 bridgehead atoms. The topological polar surface area (TPSA) is 18.5 Å². The van der Waals surface area contributed by atoms with E-state index in [2.05, 4.69) is 65.8 Å². The van der Waals surface area contributed by atoms with Gasteiger partial charge >= 0.3 is 190 Å². The van der Waals surface area contributed by atoms with Crippen molar-refractivity contribution in [2.45, 2.75) is 99.5 Å². The van der Waals surface area contributed by atoms with Crippen LogP contribution in [0.15, 0.2) is 24.3 Å². The molecule has 30 heavy (non-hydrogen) atoms. The standard InChI is InChI=1S/C15H17O2.3C4H9.Sn/c1-10(2)17-13-7-5-6-12-8-11(3)9-14(16-4)15(12)13;3*1-3-4-2;/h5,7-10H,1-4H3;3*1,3-4H2,2H3;. The molecular formula is C27H44O2Sn. The molecule has 0 radical (unpaired) electrons. The van der Waals surface area contributed by atoms with Crippen molar-refractivity contribution in [3.63, 3.8) is 0 Å². The number of unbranched alkanes of at least 4 members (excludes halogenated alkanes) is 3. The van der Waals surface area contributed by atoms with Gasteiger partial charge in [-0.05, 0) is 0 Å². The van der Waals surface area contributed by atoms with E-state index in [-0.39, 0.29) is 6.10 Å². The number of methoxy groups -OCH3 is 1. The fourth-order valence-corrected chi connectivity index (χ4v) is 21.6. The quantitative estimate of drug-likeness (QED) is 0.250. The molecule has 0 spiro atoms. The molecule has 0 aliphatic carbocycles. The fourth-order valence-electron chi connectivity index (χ4n) is 4.85. The van der Waals surface area contributed by atoms with Crippen molar-refractivity contribution >= 4 is 32.7 Å². The predicted molar refractivity (Wildman–Crippen MR) is 136 cm³/mol. The van der Waals surface area contributed by atoms with Crippen molar-refractivity contribution in [1.82, 2.24) is 0 Å². The van der Waals surface area contributed by atoms with E-state index in [1.807, 2.05) is 0 Å². The summed E-state index contributed by atoms with van der Waals surface area (Å²) < 4.78 is 18.3. The minimum atomic E-state index is -2.59. The van der Waals surface area contributed by atoms with Crippen LogP contribution in [0.3, 0.4) is 0 Å². The molecule has 0 amide bonds. The van der Waals surface area contributed by atoms with E-state index in [4.69, 9.17) is 9.47 Å². The van der Waals surface area contributed by atoms with Crippen LogP contribution in [0.5, 0.6) is 11.5 Å². The van der Waals surface area contributed by atoms with Crippen molar-refractivity contribution in [2.75, 3.05) is 7.11 Å². The van der Waals surface area contributed by atoms with Gasteiger partial charge in [0, 0.05) is 0 Å². The zero-order valence-electron chi connectivity index (χ0n) is 20.6. The Hall–Kier alpha value is -0.901. The molecule has 0 aliphatic heterocycles. The van der Waals surface area contributed by atoms with Gasteiger partial charge in [0.15, 0.2) is 0 Å². The molecule has 2 nitrogen and oxygen atoms in total. The van der Waals surface area contributed by atoms with Gasteiger partial charge in [0.25, 0.3) is 0 Å². The van der Waals surface area contributed by atoms with E-state index < -0.39 is 18.4 Å². The number of aryl methyl sites for hydroxylation is 1. The number of hydrogen-bond acceptors (Lipinski definition) is 2. The van der Waals surface area contributed by atoms with Crippen LogP contribution in [-0.2, 0) is 0 Å². The van der Waals surface area contributed by atoms with Crippen molar-refractivity contribution in [2.24, 2.45) is 0 Å². The van der Waals surface area contributed by atoms with Crippen LogP contribution in [0.4, 0.5) is 0 Å². The molecule has 0 fully saturated rings. The first-order valence-corrected chi connectivity index (χ1v) is 19.7. The summed E-state index contributed by atoms with van der Waals surface area (Å²) in [5, 5.41) is 2.61. The van der Waals surface area contributed by atoms with Gasteiger partial charge in [0.2, 0.25) is 0 Å². The van der Waals surface area contributed by atoms with Crippen LogP contribution in [0, 0.1) is 6.92 Å². The van der Waals surface area contributed by atoms with Crippen molar-refractivity contribution in [3.05, 3.63) is 29.8 Å². The third-order valence-corrected chi connectivity index (χ3v) is 22.1. The van der Waals surface area contributed by atoms with E-state index >= 15 is 0 Å². The Balaban J connectivity index is 2.80. The van der Waals surface area contributed by atoms with Gasteiger partial charge < -0.3 is 0 Å². The summed E-state index contributed by atoms with van der Waals surface area (Å²) in [6.45, 7) is 13.5. The van der Waals surface area contributed by atoms with Gasteiger partial charge in [-0.15, -0.1) is 0 Å². The average Bonchev–Trinajstić information content (AvgIpc) is 2.72. The van der Waals surface area contributed by atoms with Gasteiger partial charge in [-0.3, -0.25) is 0 Å². The first-order valence-electron chi connectivity index (χ1n) is 12.2. The molecule has 0 heterocycles. The number of hydrogen-bond donors (Lipinski definition) is 0. The summed E-state index contributed by atoms with van der Waals surface area (Å²) in [5.41, 5.74) is 1.28. The first kappa shape index (κ1) is 25.4. The summed E-state index contributed by atoms with van der Waals surface area (Å²) in [4.78, 5) is 0. The second-order valence-corrected chi connectivity index (χ2v) is 22.4. The van der Waals surface area contributed by atoms with Crippen molar-refractivity contribution in [3.8, 4) is 11.5 Å². The molecule has 2 rings (SSSR count). The Bertz CT molecular complexity index is 775. The van der Waals surface area contributed by atoms with Crippen LogP contribution in [0.1, 0.15) is 78.7 Å². The summed E-state index contributed by atoms with van der Waals surface area (Å²) >= 11 is -2.59. The zero-order valence-corrected chi connectivity index (χ0v) is 23.4. The van der Waals surface area contributed by atoms with Gasteiger partial charge in [-0.2, -0.15) is 0 Å². The van der Waals surface area contributed by atoms with Crippen LogP contribution in [0.2, 0.25) is 13.3 Å². The van der Waals surface area contributed by atoms with Crippen LogP contribution in [-0.4, -0.2) is 31.6 Å². The second-order valence-electron chi connectivity index (χ2n) is 9.26. The molecule has 0 aromatic heterocycles. The molecule has 168 valence electrons. The average molecular weight is 519 g/mol. The first-order chi connectivity index (χ1) is 14.4. The Morgan fingerprint density at radius 1 is 0.833 bits per heavy atom. The molecule has 2 aromatic rings. The second kappa shape index (κ2) is 12.2. The Morgan fingerprint density at radius 2 is 1.40 bits per heavy atom. The molecule has 0 saturated carbocycles. The third kappa shape index (κ3) is 6.08. The molecule has 0 aliphatic rings. The summed E-state index contributed by atoms with van der Waals surface area (Å²) in [6.07, 6.45) is 8.16. The van der Waals surface area contributed by atoms with Crippen LogP contribution < -0.4 is 13.1 Å². The molecule has 0 saturated heterocycles. The number of fused-ring (bicyclic) bond motifs is 1. The van der Waals surface area contributed by atoms with E-state index in [0.29, 0.717) is 0 Å². The normalized spacial score (nSPS) is 12.0. The van der Waals surface area contributed by atoms with Crippen molar-refractivity contribution in [1.29, 1.82) is 0 Å². The van der Waals surface area contributed by atoms with Gasteiger partial charge in [0.1, 0.15) is 0 Å². The number of rotatable bonds is 13. The van der Waals surface area contributed by atoms with E-state index in [1.54, 1.807) is 10.7 Å². The van der Waals surface area contributed by atoms with E-state index in [9.17, 15) is 0 Å². The third-order valence-electron chi connectivity index (χ3n) is 6.37. The molecule has 0 N–H and O–H groups in total. The Labute approximate surface area is 189 Å². The van der Waals surface area contributed by atoms with Gasteiger partial charge in [-0.1, -0.05) is 0 Å². The summed E-state index contributed by atoms with van der Waals surface area (Å²) in [7, 11) is 1.79. The van der Waals surface area contributed by atoms with Crippen LogP contribution >= 0.6 is 0 Å².